The van der Waals surface area contributed by atoms with E-state index < -0.39 is 0 Å². The van der Waals surface area contributed by atoms with Crippen LogP contribution in [0.25, 0.3) is 0 Å². The van der Waals surface area contributed by atoms with Crippen LogP contribution in [-0.4, -0.2) is 17.1 Å². The number of aromatic nitrogens is 2. The summed E-state index contributed by atoms with van der Waals surface area (Å²) in [4.78, 5) is 7.90. The lowest BCUT2D eigenvalue weighted by Gasteiger charge is -2.07. The Kier molecular flexibility index (Phi) is 4.27. The minimum Gasteiger partial charge on any atom is -0.495 e. The number of methoxy groups -OCH3 is 1. The Labute approximate surface area is 120 Å². The molecule has 0 saturated heterocycles. The molecule has 18 heavy (non-hydrogen) atoms. The van der Waals surface area contributed by atoms with Crippen LogP contribution in [0, 0.1) is 0 Å². The fourth-order valence-electron chi connectivity index (χ4n) is 1.51. The largest absolute Gasteiger partial charge is 0.495 e. The molecule has 0 bridgehead atoms. The minimum atomic E-state index is 0.176. The second-order valence-corrected chi connectivity index (χ2v) is 4.73. The van der Waals surface area contributed by atoms with Gasteiger partial charge in [-0.2, -0.15) is 0 Å². The van der Waals surface area contributed by atoms with Crippen LogP contribution >= 0.6 is 34.8 Å². The molecule has 6 heteroatoms. The molecule has 1 aromatic heterocycles. The molecule has 94 valence electrons. The third-order valence-corrected chi connectivity index (χ3v) is 3.18. The van der Waals surface area contributed by atoms with Crippen molar-refractivity contribution in [1.29, 1.82) is 0 Å². The van der Waals surface area contributed by atoms with Crippen LogP contribution in [0.5, 0.6) is 5.75 Å². The fraction of sp³-hybridized carbons (Fsp3) is 0.167. The van der Waals surface area contributed by atoms with Gasteiger partial charge in [0, 0.05) is 6.42 Å². The summed E-state index contributed by atoms with van der Waals surface area (Å²) in [6.45, 7) is 0. The Morgan fingerprint density at radius 1 is 1.17 bits per heavy atom. The van der Waals surface area contributed by atoms with E-state index in [1.165, 1.54) is 6.20 Å². The topological polar surface area (TPSA) is 35.0 Å². The number of rotatable bonds is 3. The number of hydrogen-bond acceptors (Lipinski definition) is 3. The van der Waals surface area contributed by atoms with Gasteiger partial charge in [-0.15, -0.1) is 0 Å². The highest BCUT2D eigenvalue weighted by atomic mass is 35.5. The first-order valence-electron chi connectivity index (χ1n) is 5.09. The van der Waals surface area contributed by atoms with Crippen molar-refractivity contribution >= 4 is 34.8 Å². The molecule has 0 saturated carbocycles. The zero-order chi connectivity index (χ0) is 13.1. The molecule has 0 aliphatic heterocycles. The summed E-state index contributed by atoms with van der Waals surface area (Å²) in [5.74, 6) is 0.616. The first-order chi connectivity index (χ1) is 8.60. The first-order valence-corrected chi connectivity index (χ1v) is 6.23. The molecule has 3 nitrogen and oxygen atoms in total. The SMILES string of the molecule is COc1cc(Cc2nc(Cl)ncc2Cl)ccc1Cl. The van der Waals surface area contributed by atoms with E-state index in [1.54, 1.807) is 13.2 Å². The Hall–Kier alpha value is -1.03. The van der Waals surface area contributed by atoms with Gasteiger partial charge in [-0.3, -0.25) is 0 Å². The van der Waals surface area contributed by atoms with Crippen molar-refractivity contribution < 1.29 is 4.74 Å². The van der Waals surface area contributed by atoms with Crippen LogP contribution < -0.4 is 4.74 Å². The van der Waals surface area contributed by atoms with Crippen LogP contribution in [0.1, 0.15) is 11.3 Å². The van der Waals surface area contributed by atoms with Gasteiger partial charge in [0.05, 0.1) is 29.0 Å². The van der Waals surface area contributed by atoms with E-state index in [0.29, 0.717) is 27.9 Å². The maximum atomic E-state index is 6.01. The zero-order valence-corrected chi connectivity index (χ0v) is 11.7. The van der Waals surface area contributed by atoms with E-state index in [-0.39, 0.29) is 5.28 Å². The van der Waals surface area contributed by atoms with Gasteiger partial charge in [-0.25, -0.2) is 9.97 Å². The summed E-state index contributed by atoms with van der Waals surface area (Å²) in [7, 11) is 1.57. The smallest absolute Gasteiger partial charge is 0.222 e. The van der Waals surface area contributed by atoms with Crippen LogP contribution in [0.15, 0.2) is 24.4 Å². The minimum absolute atomic E-state index is 0.176. The highest BCUT2D eigenvalue weighted by Gasteiger charge is 2.08. The monoisotopic (exact) mass is 302 g/mol. The van der Waals surface area contributed by atoms with E-state index >= 15 is 0 Å². The Morgan fingerprint density at radius 3 is 2.67 bits per heavy atom. The first kappa shape index (κ1) is 13.4. The number of nitrogens with zero attached hydrogens (tertiary/aromatic N) is 2. The molecule has 2 aromatic rings. The third-order valence-electron chi connectivity index (χ3n) is 2.37. The van der Waals surface area contributed by atoms with E-state index in [0.717, 1.165) is 5.56 Å². The van der Waals surface area contributed by atoms with Crippen molar-refractivity contribution in [2.75, 3.05) is 7.11 Å². The van der Waals surface area contributed by atoms with Crippen molar-refractivity contribution in [2.24, 2.45) is 0 Å². The maximum absolute atomic E-state index is 6.01. The summed E-state index contributed by atoms with van der Waals surface area (Å²) < 4.78 is 5.15. The Balaban J connectivity index is 2.31. The zero-order valence-electron chi connectivity index (χ0n) is 9.45. The molecule has 0 N–H and O–H groups in total. The average molecular weight is 304 g/mol. The van der Waals surface area contributed by atoms with Crippen LogP contribution in [-0.2, 0) is 6.42 Å². The number of ether oxygens (including phenoxy) is 1. The highest BCUT2D eigenvalue weighted by molar-refractivity contribution is 6.32. The van der Waals surface area contributed by atoms with E-state index in [2.05, 4.69) is 9.97 Å². The van der Waals surface area contributed by atoms with Crippen molar-refractivity contribution in [3.63, 3.8) is 0 Å². The predicted molar refractivity (Wildman–Crippen MR) is 72.9 cm³/mol. The van der Waals surface area contributed by atoms with Gasteiger partial charge in [-0.05, 0) is 29.3 Å². The van der Waals surface area contributed by atoms with Crippen molar-refractivity contribution in [2.45, 2.75) is 6.42 Å². The lowest BCUT2D eigenvalue weighted by molar-refractivity contribution is 0.414. The average Bonchev–Trinajstić information content (AvgIpc) is 2.36. The standard InChI is InChI=1S/C12H9Cl3N2O/c1-18-11-5-7(2-3-8(11)13)4-10-9(14)6-16-12(15)17-10/h2-3,5-6H,4H2,1H3. The lowest BCUT2D eigenvalue weighted by atomic mass is 10.1. The van der Waals surface area contributed by atoms with Gasteiger partial charge in [-0.1, -0.05) is 29.3 Å². The molecular weight excluding hydrogens is 295 g/mol. The number of hydrogen-bond donors (Lipinski definition) is 0. The highest BCUT2D eigenvalue weighted by Crippen LogP contribution is 2.27. The summed E-state index contributed by atoms with van der Waals surface area (Å²) in [6, 6.07) is 5.50. The molecule has 0 spiro atoms. The molecule has 0 fully saturated rings. The maximum Gasteiger partial charge on any atom is 0.222 e. The molecule has 0 unspecified atom stereocenters. The van der Waals surface area contributed by atoms with Crippen molar-refractivity contribution in [3.05, 3.63) is 51.0 Å². The molecule has 0 atom stereocenters. The van der Waals surface area contributed by atoms with Gasteiger partial charge < -0.3 is 4.74 Å². The van der Waals surface area contributed by atoms with Gasteiger partial charge in [0.15, 0.2) is 0 Å². The summed E-state index contributed by atoms with van der Waals surface area (Å²) in [6.07, 6.45) is 2.02. The summed E-state index contributed by atoms with van der Waals surface area (Å²) in [5.41, 5.74) is 1.65. The van der Waals surface area contributed by atoms with E-state index in [4.69, 9.17) is 39.5 Å². The molecule has 0 radical (unpaired) electrons. The molecular formula is C12H9Cl3N2O. The quantitative estimate of drug-likeness (QED) is 0.803. The fourth-order valence-corrected chi connectivity index (χ4v) is 2.01. The molecule has 1 aromatic carbocycles. The summed E-state index contributed by atoms with van der Waals surface area (Å²) in [5, 5.41) is 1.22. The van der Waals surface area contributed by atoms with Gasteiger partial charge in [0.2, 0.25) is 5.28 Å². The normalized spacial score (nSPS) is 10.4. The summed E-state index contributed by atoms with van der Waals surface area (Å²) >= 11 is 17.7. The van der Waals surface area contributed by atoms with Crippen LogP contribution in [0.3, 0.4) is 0 Å². The predicted octanol–water partition coefficient (Wildman–Crippen LogP) is 4.04. The lowest BCUT2D eigenvalue weighted by Crippen LogP contribution is -1.96. The second kappa shape index (κ2) is 5.74. The molecule has 2 rings (SSSR count). The van der Waals surface area contributed by atoms with Crippen molar-refractivity contribution in [1.82, 2.24) is 9.97 Å². The Morgan fingerprint density at radius 2 is 1.94 bits per heavy atom. The Bertz CT molecular complexity index is 575. The molecule has 1 heterocycles. The van der Waals surface area contributed by atoms with E-state index in [1.807, 2.05) is 12.1 Å². The van der Waals surface area contributed by atoms with Crippen LogP contribution in [0.4, 0.5) is 0 Å². The molecule has 0 aliphatic rings. The molecule has 0 amide bonds. The van der Waals surface area contributed by atoms with Gasteiger partial charge in [0.1, 0.15) is 5.75 Å². The van der Waals surface area contributed by atoms with E-state index in [9.17, 15) is 0 Å². The number of halogens is 3. The van der Waals surface area contributed by atoms with Gasteiger partial charge in [0.25, 0.3) is 0 Å². The third kappa shape index (κ3) is 3.05. The van der Waals surface area contributed by atoms with Crippen molar-refractivity contribution in [3.8, 4) is 5.75 Å². The molecule has 0 aliphatic carbocycles. The van der Waals surface area contributed by atoms with Gasteiger partial charge >= 0.3 is 0 Å². The number of benzene rings is 1. The second-order valence-electron chi connectivity index (χ2n) is 3.58. The van der Waals surface area contributed by atoms with Crippen LogP contribution in [0.2, 0.25) is 15.3 Å².